The van der Waals surface area contributed by atoms with Crippen molar-refractivity contribution in [3.8, 4) is 5.75 Å². The molecule has 0 aromatic heterocycles. The molecule has 10 heteroatoms. The van der Waals surface area contributed by atoms with Crippen LogP contribution in [0.3, 0.4) is 0 Å². The largest absolute Gasteiger partial charge is 0.446 e. The highest BCUT2D eigenvalue weighted by Crippen LogP contribution is 2.69. The summed E-state index contributed by atoms with van der Waals surface area (Å²) in [6, 6.07) is 7.28. The summed E-state index contributed by atoms with van der Waals surface area (Å²) in [6.07, 6.45) is 6.25. The van der Waals surface area contributed by atoms with Crippen LogP contribution in [-0.2, 0) is 18.9 Å². The monoisotopic (exact) mass is 559 g/mol. The first-order valence-corrected chi connectivity index (χ1v) is 16.0. The summed E-state index contributed by atoms with van der Waals surface area (Å²) in [4.78, 5) is 41.7. The standard InChI is InChI=1S/C29H42N3O6P/c1-6-20-19-29(20,39(5,36)38-22-15-8-7-9-16-22)31-25(33)23-17-12-18-32(23)26(34)24(28(2,3)4)30-27(35)37-21-13-10-11-14-21/h6-9,15-16,20-21,23-24H,1,10-14,17-19H2,2-5H3,(H,30,35)(H,31,33)/t20-,23+,24?,29+,39?/m1/s1. The zero-order valence-corrected chi connectivity index (χ0v) is 24.4. The van der Waals surface area contributed by atoms with E-state index in [4.69, 9.17) is 9.26 Å². The summed E-state index contributed by atoms with van der Waals surface area (Å²) in [6.45, 7) is 11.4. The molecule has 2 saturated carbocycles. The lowest BCUT2D eigenvalue weighted by Crippen LogP contribution is -2.58. The Kier molecular flexibility index (Phi) is 8.50. The molecule has 0 spiro atoms. The second-order valence-corrected chi connectivity index (χ2v) is 14.8. The molecule has 9 nitrogen and oxygen atoms in total. The van der Waals surface area contributed by atoms with Crippen LogP contribution < -0.4 is 15.2 Å². The van der Waals surface area contributed by atoms with Crippen molar-refractivity contribution in [1.29, 1.82) is 0 Å². The highest BCUT2D eigenvalue weighted by molar-refractivity contribution is 7.60. The van der Waals surface area contributed by atoms with Gasteiger partial charge >= 0.3 is 6.09 Å². The first-order chi connectivity index (χ1) is 18.4. The van der Waals surface area contributed by atoms with Crippen LogP contribution in [0.5, 0.6) is 5.75 Å². The van der Waals surface area contributed by atoms with Gasteiger partial charge in [0.15, 0.2) is 0 Å². The first kappa shape index (κ1) is 29.2. The predicted octanol–water partition coefficient (Wildman–Crippen LogP) is 5.07. The van der Waals surface area contributed by atoms with Crippen molar-refractivity contribution in [3.63, 3.8) is 0 Å². The predicted molar refractivity (Wildman–Crippen MR) is 150 cm³/mol. The molecule has 2 N–H and O–H groups in total. The zero-order valence-electron chi connectivity index (χ0n) is 23.5. The molecule has 0 bridgehead atoms. The Morgan fingerprint density at radius 2 is 1.79 bits per heavy atom. The summed E-state index contributed by atoms with van der Waals surface area (Å²) in [5.41, 5.74) is -0.607. The molecule has 1 saturated heterocycles. The van der Waals surface area contributed by atoms with Gasteiger partial charge in [-0.3, -0.25) is 14.2 Å². The van der Waals surface area contributed by atoms with Gasteiger partial charge in [0.25, 0.3) is 7.37 Å². The van der Waals surface area contributed by atoms with Gasteiger partial charge in [0.05, 0.1) is 0 Å². The normalized spacial score (nSPS) is 27.2. The van der Waals surface area contributed by atoms with Crippen molar-refractivity contribution < 1.29 is 28.2 Å². The van der Waals surface area contributed by atoms with Crippen LogP contribution in [-0.4, -0.2) is 59.5 Å². The van der Waals surface area contributed by atoms with E-state index >= 15 is 0 Å². The van der Waals surface area contributed by atoms with Crippen molar-refractivity contribution in [3.05, 3.63) is 43.0 Å². The van der Waals surface area contributed by atoms with E-state index in [9.17, 15) is 18.9 Å². The lowest BCUT2D eigenvalue weighted by atomic mass is 9.85. The quantitative estimate of drug-likeness (QED) is 0.323. The maximum Gasteiger partial charge on any atom is 0.408 e. The number of carbonyl (C=O) groups excluding carboxylic acids is 3. The highest BCUT2D eigenvalue weighted by atomic mass is 31.2. The van der Waals surface area contributed by atoms with E-state index in [0.29, 0.717) is 31.6 Å². The number of benzene rings is 1. The van der Waals surface area contributed by atoms with Gasteiger partial charge in [-0.1, -0.05) is 45.0 Å². The molecule has 2 unspecified atom stereocenters. The average Bonchev–Trinajstić information content (AvgIpc) is 3.20. The number of carbonyl (C=O) groups is 3. The van der Waals surface area contributed by atoms with Crippen molar-refractivity contribution in [2.45, 2.75) is 89.2 Å². The van der Waals surface area contributed by atoms with Crippen molar-refractivity contribution in [2.75, 3.05) is 13.2 Å². The number of ether oxygens (including phenoxy) is 1. The molecule has 2 aliphatic carbocycles. The minimum Gasteiger partial charge on any atom is -0.446 e. The summed E-state index contributed by atoms with van der Waals surface area (Å²) >= 11 is 0. The summed E-state index contributed by atoms with van der Waals surface area (Å²) in [5.74, 6) is -0.437. The topological polar surface area (TPSA) is 114 Å². The molecule has 1 heterocycles. The second kappa shape index (κ2) is 11.4. The maximum absolute atomic E-state index is 13.9. The minimum absolute atomic E-state index is 0.124. The van der Waals surface area contributed by atoms with Crippen LogP contribution >= 0.6 is 7.37 Å². The Morgan fingerprint density at radius 3 is 2.38 bits per heavy atom. The van der Waals surface area contributed by atoms with E-state index in [-0.39, 0.29) is 23.8 Å². The fourth-order valence-electron chi connectivity index (χ4n) is 5.75. The number of nitrogens with zero attached hydrogens (tertiary/aromatic N) is 1. The number of nitrogens with one attached hydrogen (secondary N) is 2. The number of hydrogen-bond acceptors (Lipinski definition) is 6. The van der Waals surface area contributed by atoms with Crippen LogP contribution in [0.25, 0.3) is 0 Å². The molecule has 3 amide bonds. The Bertz CT molecular complexity index is 1130. The third-order valence-corrected chi connectivity index (χ3v) is 10.8. The highest BCUT2D eigenvalue weighted by Gasteiger charge is 2.66. The first-order valence-electron chi connectivity index (χ1n) is 13.9. The third-order valence-electron chi connectivity index (χ3n) is 8.15. The fourth-order valence-corrected chi connectivity index (χ4v) is 7.99. The molecule has 0 radical (unpaired) electrons. The van der Waals surface area contributed by atoms with Gasteiger partial charge in [0, 0.05) is 19.1 Å². The van der Waals surface area contributed by atoms with Crippen LogP contribution in [0.2, 0.25) is 0 Å². The van der Waals surface area contributed by atoms with Gasteiger partial charge in [-0.25, -0.2) is 4.79 Å². The van der Waals surface area contributed by atoms with Gasteiger partial charge in [-0.2, -0.15) is 0 Å². The summed E-state index contributed by atoms with van der Waals surface area (Å²) in [5, 5.41) is 4.73. The van der Waals surface area contributed by atoms with Crippen LogP contribution in [0, 0.1) is 11.3 Å². The van der Waals surface area contributed by atoms with Gasteiger partial charge < -0.3 is 24.8 Å². The molecule has 4 rings (SSSR count). The van der Waals surface area contributed by atoms with Crippen LogP contribution in [0.4, 0.5) is 4.79 Å². The molecule has 214 valence electrons. The minimum atomic E-state index is -3.38. The molecule has 1 aromatic carbocycles. The average molecular weight is 560 g/mol. The number of alkyl carbamates (subject to hydrolysis) is 1. The van der Waals surface area contributed by atoms with Gasteiger partial charge in [0.2, 0.25) is 11.8 Å². The fraction of sp³-hybridized carbons (Fsp3) is 0.621. The third kappa shape index (κ3) is 6.34. The maximum atomic E-state index is 13.9. The van der Waals surface area contributed by atoms with E-state index in [1.807, 2.05) is 26.8 Å². The second-order valence-electron chi connectivity index (χ2n) is 12.2. The van der Waals surface area contributed by atoms with E-state index < -0.39 is 36.2 Å². The lowest BCUT2D eigenvalue weighted by Gasteiger charge is -2.36. The van der Waals surface area contributed by atoms with Crippen LogP contribution in [0.1, 0.15) is 65.7 Å². The number of likely N-dealkylation sites (tertiary alicyclic amines) is 1. The van der Waals surface area contributed by atoms with Gasteiger partial charge in [-0.15, -0.1) is 6.58 Å². The Labute approximate surface area is 231 Å². The molecule has 1 aromatic rings. The Morgan fingerprint density at radius 1 is 1.13 bits per heavy atom. The van der Waals surface area contributed by atoms with Crippen molar-refractivity contribution in [1.82, 2.24) is 15.5 Å². The lowest BCUT2D eigenvalue weighted by molar-refractivity contribution is -0.142. The number of para-hydroxylation sites is 1. The Balaban J connectivity index is 1.48. The molecule has 3 aliphatic rings. The summed E-state index contributed by atoms with van der Waals surface area (Å²) in [7, 11) is -3.38. The number of hydrogen-bond donors (Lipinski definition) is 2. The van der Waals surface area contributed by atoms with E-state index in [2.05, 4.69) is 17.2 Å². The molecule has 39 heavy (non-hydrogen) atoms. The van der Waals surface area contributed by atoms with Gasteiger partial charge in [0.1, 0.15) is 29.2 Å². The van der Waals surface area contributed by atoms with Crippen molar-refractivity contribution in [2.24, 2.45) is 11.3 Å². The van der Waals surface area contributed by atoms with Gasteiger partial charge in [-0.05, 0) is 62.5 Å². The van der Waals surface area contributed by atoms with Crippen LogP contribution in [0.15, 0.2) is 43.0 Å². The van der Waals surface area contributed by atoms with E-state index in [0.717, 1.165) is 25.7 Å². The molecule has 1 aliphatic heterocycles. The number of amides is 3. The molecular weight excluding hydrogens is 517 g/mol. The molecule has 3 fully saturated rings. The van der Waals surface area contributed by atoms with E-state index in [1.165, 1.54) is 6.66 Å². The Hall–Kier alpha value is -2.80. The number of rotatable bonds is 9. The SMILES string of the molecule is C=C[C@@H]1C[C@]1(NC(=O)[C@@H]1CCCN1C(=O)C(NC(=O)OC1CCCC1)C(C)(C)C)P(C)(=O)Oc1ccccc1. The smallest absolute Gasteiger partial charge is 0.408 e. The van der Waals surface area contributed by atoms with Crippen molar-refractivity contribution >= 4 is 25.3 Å². The summed E-state index contributed by atoms with van der Waals surface area (Å²) < 4.78 is 25.4. The van der Waals surface area contributed by atoms with E-state index in [1.54, 1.807) is 35.2 Å². The molecular formula is C29H42N3O6P. The zero-order chi connectivity index (χ0) is 28.4. The molecule has 5 atom stereocenters.